The number of halogens is 1. The summed E-state index contributed by atoms with van der Waals surface area (Å²) in [6.07, 6.45) is 6.79. The number of aryl methyl sites for hydroxylation is 1. The van der Waals surface area contributed by atoms with Crippen molar-refractivity contribution in [3.63, 3.8) is 0 Å². The van der Waals surface area contributed by atoms with Gasteiger partial charge in [0.1, 0.15) is 13.2 Å². The summed E-state index contributed by atoms with van der Waals surface area (Å²) in [6, 6.07) is 10.6. The molecule has 9 heteroatoms. The second-order valence-corrected chi connectivity index (χ2v) is 8.51. The minimum atomic E-state index is -0.539. The summed E-state index contributed by atoms with van der Waals surface area (Å²) in [7, 11) is 1.48. The third kappa shape index (κ3) is 5.33. The molecule has 1 aliphatic rings. The van der Waals surface area contributed by atoms with Crippen LogP contribution in [0.2, 0.25) is 0 Å². The van der Waals surface area contributed by atoms with Crippen LogP contribution in [0.5, 0.6) is 11.5 Å². The maximum absolute atomic E-state index is 12.8. The van der Waals surface area contributed by atoms with Gasteiger partial charge in [0.15, 0.2) is 11.5 Å². The van der Waals surface area contributed by atoms with E-state index in [4.69, 9.17) is 15.9 Å². The summed E-state index contributed by atoms with van der Waals surface area (Å²) in [4.78, 5) is 38.7. The Kier molecular flexibility index (Phi) is 7.62. The lowest BCUT2D eigenvalue weighted by Gasteiger charge is -2.13. The summed E-state index contributed by atoms with van der Waals surface area (Å²) < 4.78 is 11.4. The van der Waals surface area contributed by atoms with Crippen molar-refractivity contribution in [3.05, 3.63) is 56.9 Å². The minimum Gasteiger partial charge on any atom is -0.493 e. The predicted molar refractivity (Wildman–Crippen MR) is 128 cm³/mol. The summed E-state index contributed by atoms with van der Waals surface area (Å²) in [6.45, 7) is 1.55. The monoisotopic (exact) mass is 514 g/mol. The first-order chi connectivity index (χ1) is 15.3. The zero-order valence-corrected chi connectivity index (χ0v) is 19.7. The third-order valence-corrected chi connectivity index (χ3v) is 5.94. The van der Waals surface area contributed by atoms with Crippen LogP contribution in [0.4, 0.5) is 10.5 Å². The molecule has 0 saturated carbocycles. The Labute approximate surface area is 198 Å². The highest BCUT2D eigenvalue weighted by molar-refractivity contribution is 9.10. The Balaban J connectivity index is 1.76. The zero-order chi connectivity index (χ0) is 23.3. The molecule has 7 nitrogen and oxygen atoms in total. The number of methoxy groups -OCH3 is 1. The van der Waals surface area contributed by atoms with Crippen LogP contribution >= 0.6 is 27.7 Å². The number of ether oxygens (including phenoxy) is 2. The fraction of sp³-hybridized carbons (Fsp3) is 0.174. The molecule has 1 heterocycles. The van der Waals surface area contributed by atoms with E-state index in [1.165, 1.54) is 7.11 Å². The topological polar surface area (TPSA) is 84.9 Å². The Morgan fingerprint density at radius 2 is 2.06 bits per heavy atom. The lowest BCUT2D eigenvalue weighted by Crippen LogP contribution is -2.36. The standard InChI is InChI=1S/C23H19BrN2O5S/c1-4-9-31-21-16(24)10-15(11-18(21)30-3)12-19-22(28)26(23(29)32-19)13-20(27)25-17-8-6-5-7-14(17)2/h1,5-8,10-12H,9,13H2,2-3H3,(H,25,27)/b19-12-. The molecule has 1 aliphatic heterocycles. The van der Waals surface area contributed by atoms with Gasteiger partial charge in [-0.2, -0.15) is 0 Å². The highest BCUT2D eigenvalue weighted by Crippen LogP contribution is 2.39. The molecular weight excluding hydrogens is 496 g/mol. The fourth-order valence-corrected chi connectivity index (χ4v) is 4.32. The van der Waals surface area contributed by atoms with Gasteiger partial charge in [-0.05, 0) is 70.0 Å². The van der Waals surface area contributed by atoms with Gasteiger partial charge in [0.05, 0.1) is 16.5 Å². The predicted octanol–water partition coefficient (Wildman–Crippen LogP) is 4.45. The van der Waals surface area contributed by atoms with Gasteiger partial charge in [0.25, 0.3) is 11.1 Å². The number of anilines is 1. The van der Waals surface area contributed by atoms with Crippen LogP contribution in [0.3, 0.4) is 0 Å². The number of para-hydroxylation sites is 1. The number of carbonyl (C=O) groups is 3. The maximum atomic E-state index is 12.8. The molecule has 1 fully saturated rings. The van der Waals surface area contributed by atoms with Crippen molar-refractivity contribution in [2.45, 2.75) is 6.92 Å². The van der Waals surface area contributed by atoms with E-state index in [0.717, 1.165) is 22.2 Å². The van der Waals surface area contributed by atoms with E-state index in [0.29, 0.717) is 27.2 Å². The molecule has 3 rings (SSSR count). The third-order valence-electron chi connectivity index (χ3n) is 4.44. The first kappa shape index (κ1) is 23.4. The number of amides is 3. The molecule has 2 aromatic carbocycles. The Hall–Kier alpha value is -3.22. The zero-order valence-electron chi connectivity index (χ0n) is 17.3. The number of hydrogen-bond donors (Lipinski definition) is 1. The molecular formula is C23H19BrN2O5S. The van der Waals surface area contributed by atoms with Gasteiger partial charge in [-0.3, -0.25) is 19.3 Å². The number of nitrogens with one attached hydrogen (secondary N) is 1. The van der Waals surface area contributed by atoms with Gasteiger partial charge in [0.2, 0.25) is 5.91 Å². The number of imide groups is 1. The molecule has 2 aromatic rings. The van der Waals surface area contributed by atoms with Crippen molar-refractivity contribution in [1.29, 1.82) is 0 Å². The van der Waals surface area contributed by atoms with Gasteiger partial charge < -0.3 is 14.8 Å². The average molecular weight is 515 g/mol. The van der Waals surface area contributed by atoms with E-state index < -0.39 is 17.1 Å². The molecule has 1 N–H and O–H groups in total. The van der Waals surface area contributed by atoms with Crippen molar-refractivity contribution in [2.75, 3.05) is 25.6 Å². The second kappa shape index (κ2) is 10.4. The quantitative estimate of drug-likeness (QED) is 0.433. The summed E-state index contributed by atoms with van der Waals surface area (Å²) in [5.74, 6) is 2.24. The van der Waals surface area contributed by atoms with Crippen LogP contribution in [0.15, 0.2) is 45.8 Å². The van der Waals surface area contributed by atoms with E-state index in [1.807, 2.05) is 19.1 Å². The molecule has 0 aliphatic carbocycles. The van der Waals surface area contributed by atoms with Crippen LogP contribution in [-0.4, -0.2) is 42.2 Å². The van der Waals surface area contributed by atoms with Crippen LogP contribution in [-0.2, 0) is 9.59 Å². The number of thioether (sulfide) groups is 1. The van der Waals surface area contributed by atoms with Crippen LogP contribution < -0.4 is 14.8 Å². The van der Waals surface area contributed by atoms with Gasteiger partial charge in [-0.1, -0.05) is 24.1 Å². The molecule has 32 heavy (non-hydrogen) atoms. The van der Waals surface area contributed by atoms with Crippen LogP contribution in [0.25, 0.3) is 6.08 Å². The second-order valence-electron chi connectivity index (χ2n) is 6.66. The van der Waals surface area contributed by atoms with Crippen molar-refractivity contribution in [3.8, 4) is 23.8 Å². The molecule has 0 aromatic heterocycles. The number of benzene rings is 2. The molecule has 0 spiro atoms. The number of terminal acetylenes is 1. The number of hydrogen-bond acceptors (Lipinski definition) is 6. The average Bonchev–Trinajstić information content (AvgIpc) is 3.01. The highest BCUT2D eigenvalue weighted by Gasteiger charge is 2.36. The Bertz CT molecular complexity index is 1160. The van der Waals surface area contributed by atoms with E-state index in [9.17, 15) is 14.4 Å². The number of rotatable bonds is 7. The van der Waals surface area contributed by atoms with Crippen molar-refractivity contribution in [2.24, 2.45) is 0 Å². The largest absolute Gasteiger partial charge is 0.493 e. The van der Waals surface area contributed by atoms with Gasteiger partial charge in [0, 0.05) is 5.69 Å². The number of carbonyl (C=O) groups excluding carboxylic acids is 3. The summed E-state index contributed by atoms with van der Waals surface area (Å²) in [5.41, 5.74) is 2.12. The lowest BCUT2D eigenvalue weighted by atomic mass is 10.2. The van der Waals surface area contributed by atoms with Crippen LogP contribution in [0.1, 0.15) is 11.1 Å². The molecule has 164 valence electrons. The van der Waals surface area contributed by atoms with Gasteiger partial charge >= 0.3 is 0 Å². The minimum absolute atomic E-state index is 0.0672. The van der Waals surface area contributed by atoms with Gasteiger partial charge in [-0.15, -0.1) is 6.42 Å². The SMILES string of the molecule is C#CCOc1c(Br)cc(/C=C2\SC(=O)N(CC(=O)Nc3ccccc3C)C2=O)cc1OC. The lowest BCUT2D eigenvalue weighted by molar-refractivity contribution is -0.127. The first-order valence-corrected chi connectivity index (χ1v) is 11.0. The molecule has 0 bridgehead atoms. The Morgan fingerprint density at radius 1 is 1.31 bits per heavy atom. The normalized spacial score (nSPS) is 14.4. The van der Waals surface area contributed by atoms with Crippen LogP contribution in [0, 0.1) is 19.3 Å². The van der Waals surface area contributed by atoms with Crippen molar-refractivity contribution >= 4 is 56.5 Å². The first-order valence-electron chi connectivity index (χ1n) is 9.38. The molecule has 0 unspecified atom stereocenters. The highest BCUT2D eigenvalue weighted by atomic mass is 79.9. The van der Waals surface area contributed by atoms with Crippen molar-refractivity contribution in [1.82, 2.24) is 4.90 Å². The van der Waals surface area contributed by atoms with Gasteiger partial charge in [-0.25, -0.2) is 0 Å². The number of nitrogens with zero attached hydrogens (tertiary/aromatic N) is 1. The van der Waals surface area contributed by atoms with E-state index in [-0.39, 0.29) is 18.1 Å². The van der Waals surface area contributed by atoms with E-state index >= 15 is 0 Å². The summed E-state index contributed by atoms with van der Waals surface area (Å²) >= 11 is 4.17. The Morgan fingerprint density at radius 3 is 2.75 bits per heavy atom. The van der Waals surface area contributed by atoms with E-state index in [2.05, 4.69) is 27.2 Å². The maximum Gasteiger partial charge on any atom is 0.294 e. The smallest absolute Gasteiger partial charge is 0.294 e. The van der Waals surface area contributed by atoms with E-state index in [1.54, 1.807) is 30.3 Å². The van der Waals surface area contributed by atoms with Crippen molar-refractivity contribution < 1.29 is 23.9 Å². The summed E-state index contributed by atoms with van der Waals surface area (Å²) in [5, 5.41) is 2.21. The molecule has 3 amide bonds. The fourth-order valence-electron chi connectivity index (χ4n) is 2.91. The molecule has 0 radical (unpaired) electrons. The molecule has 1 saturated heterocycles. The molecule has 0 atom stereocenters.